The minimum Gasteiger partial charge on any atom is -0.393 e. The van der Waals surface area contributed by atoms with Gasteiger partial charge in [-0.25, -0.2) is 0 Å². The Bertz CT molecular complexity index is 226. The Balaban J connectivity index is 0. The first kappa shape index (κ1) is 22.2. The first-order valence-electron chi connectivity index (χ1n) is 8.51. The maximum atomic E-state index is 9.30. The third-order valence-electron chi connectivity index (χ3n) is 5.14. The second-order valence-corrected chi connectivity index (χ2v) is 8.45. The van der Waals surface area contributed by atoms with Crippen LogP contribution in [0.5, 0.6) is 0 Å². The fourth-order valence-corrected chi connectivity index (χ4v) is 2.14. The molecule has 1 nitrogen and oxygen atoms in total. The zero-order valence-corrected chi connectivity index (χ0v) is 16.1. The predicted molar refractivity (Wildman–Crippen MR) is 92.9 cm³/mol. The summed E-state index contributed by atoms with van der Waals surface area (Å²) in [7, 11) is 0. The molecule has 124 valence electrons. The summed E-state index contributed by atoms with van der Waals surface area (Å²) in [5, 5.41) is 9.30. The maximum absolute atomic E-state index is 9.30. The van der Waals surface area contributed by atoms with Crippen LogP contribution in [0.4, 0.5) is 0 Å². The van der Waals surface area contributed by atoms with E-state index in [0.717, 1.165) is 24.2 Å². The van der Waals surface area contributed by atoms with Crippen LogP contribution in [0.15, 0.2) is 0 Å². The lowest BCUT2D eigenvalue weighted by atomic mass is 9.67. The third-order valence-corrected chi connectivity index (χ3v) is 5.14. The van der Waals surface area contributed by atoms with Crippen LogP contribution in [-0.2, 0) is 0 Å². The SMILES string of the molecule is CC(C)C(C)C(C)(C)C(C)C.CC(C)CC(O)C(C)C. The smallest absolute Gasteiger partial charge is 0.0565 e. The molecule has 0 amide bonds. The van der Waals surface area contributed by atoms with Crippen molar-refractivity contribution in [1.82, 2.24) is 0 Å². The van der Waals surface area contributed by atoms with Gasteiger partial charge in [0.05, 0.1) is 6.10 Å². The fourth-order valence-electron chi connectivity index (χ4n) is 2.14. The minimum absolute atomic E-state index is 0.106. The molecule has 0 saturated heterocycles. The highest BCUT2D eigenvalue weighted by atomic mass is 16.3. The molecule has 0 aliphatic heterocycles. The van der Waals surface area contributed by atoms with Gasteiger partial charge >= 0.3 is 0 Å². The lowest BCUT2D eigenvalue weighted by Gasteiger charge is -2.38. The number of hydrogen-bond donors (Lipinski definition) is 1. The van der Waals surface area contributed by atoms with E-state index in [-0.39, 0.29) is 6.10 Å². The summed E-state index contributed by atoms with van der Waals surface area (Å²) in [5.41, 5.74) is 0.480. The topological polar surface area (TPSA) is 20.2 Å². The van der Waals surface area contributed by atoms with Gasteiger partial charge in [0.2, 0.25) is 0 Å². The highest BCUT2D eigenvalue weighted by molar-refractivity contribution is 4.79. The molecule has 0 aliphatic carbocycles. The van der Waals surface area contributed by atoms with Gasteiger partial charge < -0.3 is 5.11 Å². The van der Waals surface area contributed by atoms with Gasteiger partial charge in [-0.15, -0.1) is 0 Å². The summed E-state index contributed by atoms with van der Waals surface area (Å²) < 4.78 is 0. The van der Waals surface area contributed by atoms with Crippen LogP contribution < -0.4 is 0 Å². The summed E-state index contributed by atoms with van der Waals surface area (Å²) in [6.45, 7) is 24.7. The van der Waals surface area contributed by atoms with E-state index in [1.807, 2.05) is 13.8 Å². The highest BCUT2D eigenvalue weighted by Gasteiger charge is 2.30. The van der Waals surface area contributed by atoms with Crippen LogP contribution >= 0.6 is 0 Å². The van der Waals surface area contributed by atoms with E-state index in [0.29, 0.717) is 17.3 Å². The van der Waals surface area contributed by atoms with Gasteiger partial charge in [-0.1, -0.05) is 76.2 Å². The Hall–Kier alpha value is -0.0400. The van der Waals surface area contributed by atoms with Crippen molar-refractivity contribution in [2.24, 2.45) is 35.0 Å². The van der Waals surface area contributed by atoms with Gasteiger partial charge in [0, 0.05) is 0 Å². The third kappa shape index (κ3) is 9.00. The molecule has 0 aromatic heterocycles. The van der Waals surface area contributed by atoms with Gasteiger partial charge in [-0.05, 0) is 41.4 Å². The van der Waals surface area contributed by atoms with Crippen molar-refractivity contribution in [2.75, 3.05) is 0 Å². The van der Waals surface area contributed by atoms with Crippen LogP contribution in [0.1, 0.15) is 82.6 Å². The molecule has 0 fully saturated rings. The van der Waals surface area contributed by atoms with E-state index in [1.165, 1.54) is 0 Å². The fraction of sp³-hybridized carbons (Fsp3) is 1.00. The molecule has 0 spiro atoms. The molecular weight excluding hydrogens is 244 g/mol. The molecule has 0 rings (SSSR count). The molecule has 1 N–H and O–H groups in total. The monoisotopic (exact) mass is 286 g/mol. The van der Waals surface area contributed by atoms with E-state index < -0.39 is 0 Å². The predicted octanol–water partition coefficient (Wildman–Crippen LogP) is 6.01. The average Bonchev–Trinajstić information content (AvgIpc) is 2.27. The molecule has 0 radical (unpaired) electrons. The number of rotatable bonds is 6. The molecule has 0 aromatic rings. The highest BCUT2D eigenvalue weighted by Crippen LogP contribution is 2.38. The molecule has 1 heteroatoms. The summed E-state index contributed by atoms with van der Waals surface area (Å²) in [6, 6.07) is 0. The molecule has 0 aromatic carbocycles. The first-order valence-corrected chi connectivity index (χ1v) is 8.51. The van der Waals surface area contributed by atoms with E-state index in [9.17, 15) is 5.11 Å². The summed E-state index contributed by atoms with van der Waals surface area (Å²) in [6.07, 6.45) is 0.822. The van der Waals surface area contributed by atoms with E-state index >= 15 is 0 Å². The quantitative estimate of drug-likeness (QED) is 0.634. The zero-order valence-electron chi connectivity index (χ0n) is 16.1. The number of aliphatic hydroxyl groups is 1. The van der Waals surface area contributed by atoms with Crippen molar-refractivity contribution in [1.29, 1.82) is 0 Å². The van der Waals surface area contributed by atoms with Gasteiger partial charge in [0.25, 0.3) is 0 Å². The van der Waals surface area contributed by atoms with E-state index in [1.54, 1.807) is 0 Å². The van der Waals surface area contributed by atoms with Crippen molar-refractivity contribution >= 4 is 0 Å². The van der Waals surface area contributed by atoms with Crippen molar-refractivity contribution < 1.29 is 5.11 Å². The average molecular weight is 287 g/mol. The van der Waals surface area contributed by atoms with Gasteiger partial charge in [-0.2, -0.15) is 0 Å². The van der Waals surface area contributed by atoms with Crippen molar-refractivity contribution in [3.63, 3.8) is 0 Å². The van der Waals surface area contributed by atoms with Crippen LogP contribution in [0, 0.1) is 35.0 Å². The Kier molecular flexibility index (Phi) is 10.9. The summed E-state index contributed by atoms with van der Waals surface area (Å²) in [5.74, 6) is 3.41. The van der Waals surface area contributed by atoms with Crippen molar-refractivity contribution in [2.45, 2.75) is 88.7 Å². The van der Waals surface area contributed by atoms with Crippen LogP contribution in [-0.4, -0.2) is 11.2 Å². The number of aliphatic hydroxyl groups excluding tert-OH is 1. The molecule has 2 atom stereocenters. The Morgan fingerprint density at radius 1 is 0.750 bits per heavy atom. The molecule has 2 unspecified atom stereocenters. The Morgan fingerprint density at radius 3 is 1.25 bits per heavy atom. The standard InChI is InChI=1S/C11H24.C8H18O/c1-8(2)10(5)11(6,7)9(3)4;1-6(2)5-8(9)7(3)4/h8-10H,1-7H3;6-9H,5H2,1-4H3. The van der Waals surface area contributed by atoms with Crippen LogP contribution in [0.25, 0.3) is 0 Å². The molecular formula is C19H42O. The van der Waals surface area contributed by atoms with Gasteiger partial charge in [0.1, 0.15) is 0 Å². The Labute approximate surface area is 129 Å². The van der Waals surface area contributed by atoms with Crippen LogP contribution in [0.2, 0.25) is 0 Å². The summed E-state index contributed by atoms with van der Waals surface area (Å²) >= 11 is 0. The zero-order chi connectivity index (χ0) is 16.7. The van der Waals surface area contributed by atoms with Crippen LogP contribution in [0.3, 0.4) is 0 Å². The molecule has 0 saturated carbocycles. The van der Waals surface area contributed by atoms with Crippen molar-refractivity contribution in [3.05, 3.63) is 0 Å². The molecule has 20 heavy (non-hydrogen) atoms. The first-order chi connectivity index (χ1) is 8.83. The lowest BCUT2D eigenvalue weighted by Crippen LogP contribution is -2.30. The minimum atomic E-state index is -0.106. The van der Waals surface area contributed by atoms with E-state index in [4.69, 9.17) is 0 Å². The summed E-state index contributed by atoms with van der Waals surface area (Å²) in [4.78, 5) is 0. The lowest BCUT2D eigenvalue weighted by molar-refractivity contribution is 0.103. The normalized spacial score (nSPS) is 15.6. The van der Waals surface area contributed by atoms with Gasteiger partial charge in [0.15, 0.2) is 0 Å². The Morgan fingerprint density at radius 2 is 1.15 bits per heavy atom. The van der Waals surface area contributed by atoms with Gasteiger partial charge in [-0.3, -0.25) is 0 Å². The second-order valence-electron chi connectivity index (χ2n) is 8.45. The molecule has 0 heterocycles. The largest absolute Gasteiger partial charge is 0.393 e. The maximum Gasteiger partial charge on any atom is 0.0565 e. The number of hydrogen-bond acceptors (Lipinski definition) is 1. The van der Waals surface area contributed by atoms with E-state index in [2.05, 4.69) is 62.3 Å². The molecule has 0 bridgehead atoms. The van der Waals surface area contributed by atoms with Crippen molar-refractivity contribution in [3.8, 4) is 0 Å². The second kappa shape index (κ2) is 9.82. The molecule has 0 aliphatic rings.